The second-order valence-electron chi connectivity index (χ2n) is 3.68. The van der Waals surface area contributed by atoms with Crippen molar-refractivity contribution >= 4 is 0 Å². The van der Waals surface area contributed by atoms with Crippen LogP contribution in [0.5, 0.6) is 0 Å². The van der Waals surface area contributed by atoms with Crippen molar-refractivity contribution in [3.05, 3.63) is 35.6 Å². The number of benzene rings is 1. The van der Waals surface area contributed by atoms with Crippen LogP contribution in [0.2, 0.25) is 0 Å². The quantitative estimate of drug-likeness (QED) is 0.707. The highest BCUT2D eigenvalue weighted by atomic mass is 19.3. The Bertz CT molecular complexity index is 360. The van der Waals surface area contributed by atoms with E-state index >= 15 is 0 Å². The number of alkyl halides is 2. The fourth-order valence-corrected chi connectivity index (χ4v) is 1.30. The molecule has 0 spiro atoms. The Labute approximate surface area is 96.9 Å². The summed E-state index contributed by atoms with van der Waals surface area (Å²) in [5.41, 5.74) is 0.0484. The molecule has 3 nitrogen and oxygen atoms in total. The van der Waals surface area contributed by atoms with Crippen LogP contribution in [0.15, 0.2) is 24.3 Å². The van der Waals surface area contributed by atoms with Crippen molar-refractivity contribution in [3.8, 4) is 0 Å². The molecule has 0 saturated heterocycles. The zero-order chi connectivity index (χ0) is 12.9. The van der Waals surface area contributed by atoms with Crippen molar-refractivity contribution in [1.82, 2.24) is 5.32 Å². The zero-order valence-corrected chi connectivity index (χ0v) is 9.04. The van der Waals surface area contributed by atoms with E-state index < -0.39 is 31.0 Å². The van der Waals surface area contributed by atoms with Crippen LogP contribution in [0.1, 0.15) is 11.7 Å². The van der Waals surface area contributed by atoms with E-state index in [1.807, 2.05) is 0 Å². The Morgan fingerprint density at radius 2 is 1.94 bits per heavy atom. The molecule has 0 aliphatic rings. The molecule has 96 valence electrons. The van der Waals surface area contributed by atoms with Gasteiger partial charge < -0.3 is 15.5 Å². The van der Waals surface area contributed by atoms with Gasteiger partial charge in [-0.25, -0.2) is 13.2 Å². The Morgan fingerprint density at radius 1 is 1.29 bits per heavy atom. The summed E-state index contributed by atoms with van der Waals surface area (Å²) >= 11 is 0. The predicted molar refractivity (Wildman–Crippen MR) is 56.3 cm³/mol. The number of hydrogen-bond acceptors (Lipinski definition) is 3. The van der Waals surface area contributed by atoms with Crippen molar-refractivity contribution < 1.29 is 23.4 Å². The van der Waals surface area contributed by atoms with Gasteiger partial charge in [0.05, 0.1) is 12.6 Å². The minimum Gasteiger partial charge on any atom is -0.390 e. The summed E-state index contributed by atoms with van der Waals surface area (Å²) < 4.78 is 38.4. The number of aliphatic hydroxyl groups is 2. The van der Waals surface area contributed by atoms with E-state index in [-0.39, 0.29) is 12.1 Å². The molecule has 1 aromatic carbocycles. The fourth-order valence-electron chi connectivity index (χ4n) is 1.30. The average molecular weight is 249 g/mol. The molecule has 0 saturated carbocycles. The Morgan fingerprint density at radius 3 is 2.53 bits per heavy atom. The first-order valence-electron chi connectivity index (χ1n) is 5.08. The first kappa shape index (κ1) is 14.0. The summed E-state index contributed by atoms with van der Waals surface area (Å²) in [5.74, 6) is -3.83. The SMILES string of the molecule is OCC(F)(F)CNCC(O)c1ccccc1F. The lowest BCUT2D eigenvalue weighted by Gasteiger charge is -2.17. The summed E-state index contributed by atoms with van der Waals surface area (Å²) in [7, 11) is 0. The van der Waals surface area contributed by atoms with E-state index in [1.54, 1.807) is 6.07 Å². The van der Waals surface area contributed by atoms with Crippen LogP contribution in [-0.4, -0.2) is 35.8 Å². The molecule has 1 aromatic rings. The molecule has 0 aromatic heterocycles. The van der Waals surface area contributed by atoms with E-state index in [4.69, 9.17) is 5.11 Å². The molecule has 17 heavy (non-hydrogen) atoms. The lowest BCUT2D eigenvalue weighted by atomic mass is 10.1. The summed E-state index contributed by atoms with van der Waals surface area (Å²) in [6, 6.07) is 5.58. The van der Waals surface area contributed by atoms with E-state index in [1.165, 1.54) is 18.2 Å². The van der Waals surface area contributed by atoms with E-state index in [9.17, 15) is 18.3 Å². The van der Waals surface area contributed by atoms with Crippen LogP contribution in [0.3, 0.4) is 0 Å². The third kappa shape index (κ3) is 4.33. The summed E-state index contributed by atoms with van der Waals surface area (Å²) in [6.45, 7) is -2.25. The van der Waals surface area contributed by atoms with Gasteiger partial charge in [-0.15, -0.1) is 0 Å². The molecular weight excluding hydrogens is 235 g/mol. The molecule has 1 rings (SSSR count). The molecule has 0 aliphatic carbocycles. The highest BCUT2D eigenvalue weighted by Gasteiger charge is 2.27. The second-order valence-corrected chi connectivity index (χ2v) is 3.68. The van der Waals surface area contributed by atoms with Gasteiger partial charge in [-0.1, -0.05) is 18.2 Å². The van der Waals surface area contributed by atoms with Crippen molar-refractivity contribution in [1.29, 1.82) is 0 Å². The molecule has 6 heteroatoms. The maximum absolute atomic E-state index is 13.2. The van der Waals surface area contributed by atoms with Crippen molar-refractivity contribution in [3.63, 3.8) is 0 Å². The maximum Gasteiger partial charge on any atom is 0.282 e. The Kier molecular flexibility index (Phi) is 4.92. The monoisotopic (exact) mass is 249 g/mol. The fraction of sp³-hybridized carbons (Fsp3) is 0.455. The summed E-state index contributed by atoms with van der Waals surface area (Å²) in [4.78, 5) is 0. The number of aliphatic hydroxyl groups excluding tert-OH is 2. The molecule has 0 heterocycles. The molecule has 0 fully saturated rings. The zero-order valence-electron chi connectivity index (χ0n) is 9.04. The Hall–Kier alpha value is -1.11. The van der Waals surface area contributed by atoms with Crippen LogP contribution in [0, 0.1) is 5.82 Å². The summed E-state index contributed by atoms with van der Waals surface area (Å²) in [5, 5.41) is 20.1. The van der Waals surface area contributed by atoms with Crippen LogP contribution in [0.4, 0.5) is 13.2 Å². The van der Waals surface area contributed by atoms with E-state index in [2.05, 4.69) is 5.32 Å². The Balaban J connectivity index is 2.46. The van der Waals surface area contributed by atoms with Gasteiger partial charge in [-0.2, -0.15) is 0 Å². The largest absolute Gasteiger partial charge is 0.390 e. The number of hydrogen-bond donors (Lipinski definition) is 3. The number of halogens is 3. The molecule has 0 amide bonds. The third-order valence-electron chi connectivity index (χ3n) is 2.22. The second kappa shape index (κ2) is 6.00. The lowest BCUT2D eigenvalue weighted by Crippen LogP contribution is -2.37. The van der Waals surface area contributed by atoms with Crippen LogP contribution in [0.25, 0.3) is 0 Å². The number of nitrogens with one attached hydrogen (secondary N) is 1. The van der Waals surface area contributed by atoms with E-state index in [0.29, 0.717) is 0 Å². The molecule has 0 bridgehead atoms. The maximum atomic E-state index is 13.2. The smallest absolute Gasteiger partial charge is 0.282 e. The van der Waals surface area contributed by atoms with Gasteiger partial charge in [0.15, 0.2) is 0 Å². The minimum absolute atomic E-state index is 0.0484. The minimum atomic E-state index is -3.24. The van der Waals surface area contributed by atoms with Gasteiger partial charge in [0, 0.05) is 12.1 Å². The van der Waals surface area contributed by atoms with Gasteiger partial charge in [0.1, 0.15) is 12.4 Å². The molecule has 1 atom stereocenters. The first-order chi connectivity index (χ1) is 7.96. The highest BCUT2D eigenvalue weighted by molar-refractivity contribution is 5.19. The third-order valence-corrected chi connectivity index (χ3v) is 2.22. The van der Waals surface area contributed by atoms with Crippen molar-refractivity contribution in [2.24, 2.45) is 0 Å². The van der Waals surface area contributed by atoms with Gasteiger partial charge in [0.2, 0.25) is 0 Å². The average Bonchev–Trinajstić information content (AvgIpc) is 2.29. The van der Waals surface area contributed by atoms with Crippen LogP contribution >= 0.6 is 0 Å². The predicted octanol–water partition coefficient (Wildman–Crippen LogP) is 1.08. The van der Waals surface area contributed by atoms with Crippen LogP contribution < -0.4 is 5.32 Å². The molecule has 1 unspecified atom stereocenters. The lowest BCUT2D eigenvalue weighted by molar-refractivity contribution is -0.0489. The van der Waals surface area contributed by atoms with Crippen LogP contribution in [-0.2, 0) is 0 Å². The normalized spacial score (nSPS) is 13.7. The van der Waals surface area contributed by atoms with Gasteiger partial charge in [-0.3, -0.25) is 0 Å². The number of rotatable bonds is 6. The highest BCUT2D eigenvalue weighted by Crippen LogP contribution is 2.16. The van der Waals surface area contributed by atoms with Gasteiger partial charge >= 0.3 is 0 Å². The summed E-state index contributed by atoms with van der Waals surface area (Å²) in [6.07, 6.45) is -1.20. The topological polar surface area (TPSA) is 52.5 Å². The molecular formula is C11H14F3NO2. The first-order valence-corrected chi connectivity index (χ1v) is 5.08. The van der Waals surface area contributed by atoms with Gasteiger partial charge in [-0.05, 0) is 6.07 Å². The van der Waals surface area contributed by atoms with Crippen molar-refractivity contribution in [2.45, 2.75) is 12.0 Å². The molecule has 0 radical (unpaired) electrons. The van der Waals surface area contributed by atoms with Gasteiger partial charge in [0.25, 0.3) is 5.92 Å². The molecule has 0 aliphatic heterocycles. The standard InChI is InChI=1S/C11H14F3NO2/c12-9-4-2-1-3-8(9)10(17)5-15-6-11(13,14)7-16/h1-4,10,15-17H,5-7H2. The van der Waals surface area contributed by atoms with Crippen molar-refractivity contribution in [2.75, 3.05) is 19.7 Å². The van der Waals surface area contributed by atoms with E-state index in [0.717, 1.165) is 0 Å². The molecule has 3 N–H and O–H groups in total.